The summed E-state index contributed by atoms with van der Waals surface area (Å²) < 4.78 is 4.73. The predicted molar refractivity (Wildman–Crippen MR) is 57.9 cm³/mol. The molecule has 0 aromatic heterocycles. The molecule has 0 aliphatic rings. The summed E-state index contributed by atoms with van der Waals surface area (Å²) in [5, 5.41) is 0. The Hall–Kier alpha value is -0.570. The summed E-state index contributed by atoms with van der Waals surface area (Å²) in [6.07, 6.45) is 6.45. The maximum atomic E-state index is 11.3. The first kappa shape index (κ1) is 13.4. The molecule has 0 rings (SSSR count). The van der Waals surface area contributed by atoms with Gasteiger partial charge in [0.05, 0.1) is 13.0 Å². The fraction of sp³-hybridized carbons (Fsp3) is 0.909. The lowest BCUT2D eigenvalue weighted by Gasteiger charge is -2.12. The lowest BCUT2D eigenvalue weighted by Crippen LogP contribution is -2.19. The molecule has 0 saturated heterocycles. The number of esters is 1. The quantitative estimate of drug-likeness (QED) is 0.483. The van der Waals surface area contributed by atoms with Gasteiger partial charge in [0.25, 0.3) is 0 Å². The largest absolute Gasteiger partial charge is 0.469 e. The van der Waals surface area contributed by atoms with Crippen LogP contribution in [0.1, 0.15) is 45.4 Å². The number of unbranched alkanes of at least 4 members (excludes halogenated alkanes) is 3. The van der Waals surface area contributed by atoms with Gasteiger partial charge in [-0.3, -0.25) is 4.79 Å². The summed E-state index contributed by atoms with van der Waals surface area (Å²) in [6.45, 7) is 2.74. The topological polar surface area (TPSA) is 52.3 Å². The van der Waals surface area contributed by atoms with Gasteiger partial charge in [0.1, 0.15) is 0 Å². The van der Waals surface area contributed by atoms with Crippen LogP contribution in [-0.4, -0.2) is 19.6 Å². The Bertz CT molecular complexity index is 148. The van der Waals surface area contributed by atoms with Gasteiger partial charge in [-0.1, -0.05) is 32.6 Å². The molecule has 0 amide bonds. The second-order valence-electron chi connectivity index (χ2n) is 3.65. The molecule has 2 N–H and O–H groups in total. The molecule has 0 bridgehead atoms. The van der Waals surface area contributed by atoms with Crippen LogP contribution in [0.5, 0.6) is 0 Å². The van der Waals surface area contributed by atoms with Crippen molar-refractivity contribution in [2.45, 2.75) is 45.4 Å². The van der Waals surface area contributed by atoms with Crippen molar-refractivity contribution in [3.8, 4) is 0 Å². The van der Waals surface area contributed by atoms with Crippen LogP contribution >= 0.6 is 0 Å². The Morgan fingerprint density at radius 3 is 2.50 bits per heavy atom. The number of hydrogen-bond donors (Lipinski definition) is 1. The summed E-state index contributed by atoms with van der Waals surface area (Å²) >= 11 is 0. The summed E-state index contributed by atoms with van der Waals surface area (Å²) in [5.74, 6) is -0.0891. The highest BCUT2D eigenvalue weighted by atomic mass is 16.5. The van der Waals surface area contributed by atoms with Crippen LogP contribution in [0.3, 0.4) is 0 Å². The van der Waals surface area contributed by atoms with Gasteiger partial charge < -0.3 is 10.5 Å². The number of methoxy groups -OCH3 is 1. The van der Waals surface area contributed by atoms with Gasteiger partial charge in [-0.25, -0.2) is 0 Å². The summed E-state index contributed by atoms with van der Waals surface area (Å²) in [6, 6.07) is 0. The minimum Gasteiger partial charge on any atom is -0.469 e. The highest BCUT2D eigenvalue weighted by molar-refractivity contribution is 5.72. The fourth-order valence-electron chi connectivity index (χ4n) is 1.57. The van der Waals surface area contributed by atoms with Gasteiger partial charge in [-0.05, 0) is 19.4 Å². The molecule has 0 spiro atoms. The molecule has 1 atom stereocenters. The zero-order valence-electron chi connectivity index (χ0n) is 9.42. The van der Waals surface area contributed by atoms with E-state index < -0.39 is 0 Å². The number of rotatable bonds is 8. The average molecular weight is 201 g/mol. The molecule has 0 aliphatic heterocycles. The molecule has 0 radical (unpaired) electrons. The molecule has 0 fully saturated rings. The van der Waals surface area contributed by atoms with E-state index in [2.05, 4.69) is 6.92 Å². The molecule has 0 saturated carbocycles. The molecule has 1 unspecified atom stereocenters. The van der Waals surface area contributed by atoms with Crippen LogP contribution in [0, 0.1) is 5.92 Å². The van der Waals surface area contributed by atoms with Gasteiger partial charge in [0.2, 0.25) is 0 Å². The lowest BCUT2D eigenvalue weighted by atomic mass is 9.97. The highest BCUT2D eigenvalue weighted by Crippen LogP contribution is 2.15. The SMILES string of the molecule is CCCCCCC(CCN)C(=O)OC. The summed E-state index contributed by atoms with van der Waals surface area (Å²) in [4.78, 5) is 11.3. The van der Waals surface area contributed by atoms with Crippen molar-refractivity contribution in [1.29, 1.82) is 0 Å². The summed E-state index contributed by atoms with van der Waals surface area (Å²) in [5.41, 5.74) is 5.44. The Morgan fingerprint density at radius 1 is 1.29 bits per heavy atom. The lowest BCUT2D eigenvalue weighted by molar-refractivity contribution is -0.145. The van der Waals surface area contributed by atoms with E-state index in [0.717, 1.165) is 19.3 Å². The second kappa shape index (κ2) is 9.00. The van der Waals surface area contributed by atoms with Crippen molar-refractivity contribution in [3.05, 3.63) is 0 Å². The van der Waals surface area contributed by atoms with Crippen molar-refractivity contribution in [2.24, 2.45) is 11.7 Å². The van der Waals surface area contributed by atoms with Crippen molar-refractivity contribution in [3.63, 3.8) is 0 Å². The standard InChI is InChI=1S/C11H23NO2/c1-3-4-5-6-7-10(8-9-12)11(13)14-2/h10H,3-9,12H2,1-2H3. The average Bonchev–Trinajstić information content (AvgIpc) is 2.21. The smallest absolute Gasteiger partial charge is 0.308 e. The second-order valence-corrected chi connectivity index (χ2v) is 3.65. The van der Waals surface area contributed by atoms with E-state index in [0.29, 0.717) is 6.54 Å². The molecule has 0 aromatic rings. The maximum absolute atomic E-state index is 11.3. The van der Waals surface area contributed by atoms with Crippen LogP contribution < -0.4 is 5.73 Å². The third-order valence-electron chi connectivity index (χ3n) is 2.46. The minimum atomic E-state index is -0.105. The molecular weight excluding hydrogens is 178 g/mol. The van der Waals surface area contributed by atoms with E-state index in [-0.39, 0.29) is 11.9 Å². The van der Waals surface area contributed by atoms with E-state index in [1.807, 2.05) is 0 Å². The van der Waals surface area contributed by atoms with Crippen LogP contribution in [0.25, 0.3) is 0 Å². The van der Waals surface area contributed by atoms with Crippen molar-refractivity contribution in [2.75, 3.05) is 13.7 Å². The van der Waals surface area contributed by atoms with Crippen LogP contribution in [0.2, 0.25) is 0 Å². The molecule has 3 nitrogen and oxygen atoms in total. The van der Waals surface area contributed by atoms with Gasteiger partial charge in [0, 0.05) is 0 Å². The first-order valence-electron chi connectivity index (χ1n) is 5.54. The third-order valence-corrected chi connectivity index (χ3v) is 2.46. The molecular formula is C11H23NO2. The van der Waals surface area contributed by atoms with E-state index in [1.165, 1.54) is 26.4 Å². The number of hydrogen-bond acceptors (Lipinski definition) is 3. The van der Waals surface area contributed by atoms with Crippen LogP contribution in [-0.2, 0) is 9.53 Å². The molecule has 3 heteroatoms. The first-order valence-corrected chi connectivity index (χ1v) is 5.54. The molecule has 0 aromatic carbocycles. The first-order chi connectivity index (χ1) is 6.76. The number of carbonyl (C=O) groups excluding carboxylic acids is 1. The molecule has 14 heavy (non-hydrogen) atoms. The van der Waals surface area contributed by atoms with Crippen molar-refractivity contribution < 1.29 is 9.53 Å². The maximum Gasteiger partial charge on any atom is 0.308 e. The number of nitrogens with two attached hydrogens (primary N) is 1. The molecule has 0 aliphatic carbocycles. The number of carbonyl (C=O) groups is 1. The van der Waals surface area contributed by atoms with E-state index >= 15 is 0 Å². The fourth-order valence-corrected chi connectivity index (χ4v) is 1.57. The van der Waals surface area contributed by atoms with Gasteiger partial charge in [-0.2, -0.15) is 0 Å². The van der Waals surface area contributed by atoms with Crippen LogP contribution in [0.15, 0.2) is 0 Å². The van der Waals surface area contributed by atoms with Gasteiger partial charge in [0.15, 0.2) is 0 Å². The van der Waals surface area contributed by atoms with E-state index in [1.54, 1.807) is 0 Å². The predicted octanol–water partition coefficient (Wildman–Crippen LogP) is 2.09. The zero-order chi connectivity index (χ0) is 10.8. The van der Waals surface area contributed by atoms with Gasteiger partial charge in [-0.15, -0.1) is 0 Å². The van der Waals surface area contributed by atoms with Crippen molar-refractivity contribution in [1.82, 2.24) is 0 Å². The van der Waals surface area contributed by atoms with Crippen molar-refractivity contribution >= 4 is 5.97 Å². The Labute approximate surface area is 87.0 Å². The molecule has 84 valence electrons. The normalized spacial score (nSPS) is 12.5. The Kier molecular flexibility index (Phi) is 8.64. The number of ether oxygens (including phenoxy) is 1. The minimum absolute atomic E-state index is 0.0156. The molecule has 0 heterocycles. The Balaban J connectivity index is 3.67. The highest BCUT2D eigenvalue weighted by Gasteiger charge is 2.17. The van der Waals surface area contributed by atoms with E-state index in [9.17, 15) is 4.79 Å². The summed E-state index contributed by atoms with van der Waals surface area (Å²) in [7, 11) is 1.44. The zero-order valence-corrected chi connectivity index (χ0v) is 9.42. The van der Waals surface area contributed by atoms with E-state index in [4.69, 9.17) is 10.5 Å². The van der Waals surface area contributed by atoms with Crippen LogP contribution in [0.4, 0.5) is 0 Å². The van der Waals surface area contributed by atoms with Gasteiger partial charge >= 0.3 is 5.97 Å². The monoisotopic (exact) mass is 201 g/mol. The Morgan fingerprint density at radius 2 is 2.00 bits per heavy atom. The third kappa shape index (κ3) is 5.97.